The van der Waals surface area contributed by atoms with Crippen LogP contribution in [0.25, 0.3) is 5.65 Å². The molecule has 3 rings (SSSR count). The molecule has 0 radical (unpaired) electrons. The van der Waals surface area contributed by atoms with Gasteiger partial charge in [0.1, 0.15) is 5.69 Å². The van der Waals surface area contributed by atoms with E-state index >= 15 is 0 Å². The summed E-state index contributed by atoms with van der Waals surface area (Å²) in [7, 11) is 0. The summed E-state index contributed by atoms with van der Waals surface area (Å²) >= 11 is 1.63. The summed E-state index contributed by atoms with van der Waals surface area (Å²) in [4.78, 5) is 17.7. The van der Waals surface area contributed by atoms with E-state index in [-0.39, 0.29) is 5.91 Å². The molecule has 0 unspecified atom stereocenters. The van der Waals surface area contributed by atoms with Crippen LogP contribution in [0.4, 0.5) is 5.69 Å². The first-order valence-electron chi connectivity index (χ1n) is 6.44. The summed E-state index contributed by atoms with van der Waals surface area (Å²) in [6.07, 6.45) is 3.61. The first-order valence-corrected chi connectivity index (χ1v) is 7.66. The van der Waals surface area contributed by atoms with Crippen LogP contribution in [0, 0.1) is 6.92 Å². The minimum atomic E-state index is -0.205. The number of hydrogen-bond acceptors (Lipinski definition) is 4. The Hall–Kier alpha value is -2.34. The lowest BCUT2D eigenvalue weighted by molar-refractivity contribution is 0.102. The molecule has 0 aliphatic carbocycles. The fourth-order valence-corrected chi connectivity index (χ4v) is 2.54. The molecular weight excluding hydrogens is 284 g/mol. The standard InChI is InChI=1S/C15H14N4OS/c1-10-8-14-16-7-6-13(19(14)18-10)15(20)17-11-4-3-5-12(9-11)21-2/h3-9H,1-2H3,(H,17,20). The first-order chi connectivity index (χ1) is 10.2. The lowest BCUT2D eigenvalue weighted by Gasteiger charge is -2.07. The first kappa shape index (κ1) is 13.6. The Morgan fingerprint density at radius 3 is 2.95 bits per heavy atom. The fraction of sp³-hybridized carbons (Fsp3) is 0.133. The number of rotatable bonds is 3. The Kier molecular flexibility index (Phi) is 3.62. The molecule has 0 bridgehead atoms. The van der Waals surface area contributed by atoms with E-state index in [0.717, 1.165) is 16.3 Å². The predicted octanol–water partition coefficient (Wildman–Crippen LogP) is 3.01. The van der Waals surface area contributed by atoms with Crippen LogP contribution in [-0.2, 0) is 0 Å². The normalized spacial score (nSPS) is 10.8. The van der Waals surface area contributed by atoms with Crippen molar-refractivity contribution in [3.63, 3.8) is 0 Å². The van der Waals surface area contributed by atoms with Crippen LogP contribution in [0.5, 0.6) is 0 Å². The fourth-order valence-electron chi connectivity index (χ4n) is 2.08. The van der Waals surface area contributed by atoms with Crippen molar-refractivity contribution in [3.8, 4) is 0 Å². The molecule has 1 aromatic carbocycles. The molecule has 21 heavy (non-hydrogen) atoms. The smallest absolute Gasteiger partial charge is 0.274 e. The number of hydrogen-bond donors (Lipinski definition) is 1. The Morgan fingerprint density at radius 1 is 1.29 bits per heavy atom. The van der Waals surface area contributed by atoms with Crippen molar-refractivity contribution < 1.29 is 4.79 Å². The molecule has 5 nitrogen and oxygen atoms in total. The lowest BCUT2D eigenvalue weighted by atomic mass is 10.3. The SMILES string of the molecule is CSc1cccc(NC(=O)c2ccnc3cc(C)nn23)c1. The largest absolute Gasteiger partial charge is 0.321 e. The molecule has 106 valence electrons. The number of carbonyl (C=O) groups is 1. The van der Waals surface area contributed by atoms with Crippen LogP contribution in [0.3, 0.4) is 0 Å². The maximum absolute atomic E-state index is 12.4. The number of thioether (sulfide) groups is 1. The van der Waals surface area contributed by atoms with Gasteiger partial charge < -0.3 is 5.32 Å². The highest BCUT2D eigenvalue weighted by Gasteiger charge is 2.12. The molecule has 3 aromatic rings. The van der Waals surface area contributed by atoms with Crippen molar-refractivity contribution in [2.45, 2.75) is 11.8 Å². The van der Waals surface area contributed by atoms with Crippen molar-refractivity contribution in [3.05, 3.63) is 54.0 Å². The molecule has 1 amide bonds. The van der Waals surface area contributed by atoms with Gasteiger partial charge in [0, 0.05) is 22.8 Å². The van der Waals surface area contributed by atoms with Crippen LogP contribution in [-0.4, -0.2) is 26.8 Å². The van der Waals surface area contributed by atoms with Gasteiger partial charge in [-0.1, -0.05) is 6.07 Å². The monoisotopic (exact) mass is 298 g/mol. The Balaban J connectivity index is 1.93. The van der Waals surface area contributed by atoms with Gasteiger partial charge in [-0.05, 0) is 37.4 Å². The van der Waals surface area contributed by atoms with Crippen LogP contribution in [0.15, 0.2) is 47.5 Å². The minimum Gasteiger partial charge on any atom is -0.321 e. The summed E-state index contributed by atoms with van der Waals surface area (Å²) in [6, 6.07) is 11.2. The molecule has 0 spiro atoms. The van der Waals surface area contributed by atoms with Gasteiger partial charge >= 0.3 is 0 Å². The number of anilines is 1. The van der Waals surface area contributed by atoms with Gasteiger partial charge in [0.25, 0.3) is 5.91 Å². The molecule has 0 aliphatic heterocycles. The van der Waals surface area contributed by atoms with E-state index in [1.807, 2.05) is 43.5 Å². The number of nitrogens with zero attached hydrogens (tertiary/aromatic N) is 3. The van der Waals surface area contributed by atoms with Gasteiger partial charge in [-0.3, -0.25) is 4.79 Å². The average Bonchev–Trinajstić information content (AvgIpc) is 2.87. The molecule has 2 heterocycles. The molecule has 0 saturated carbocycles. The third-order valence-corrected chi connectivity index (χ3v) is 3.77. The minimum absolute atomic E-state index is 0.205. The topological polar surface area (TPSA) is 59.3 Å². The second kappa shape index (κ2) is 5.57. The second-order valence-electron chi connectivity index (χ2n) is 4.57. The highest BCUT2D eigenvalue weighted by Crippen LogP contribution is 2.19. The molecule has 0 fully saturated rings. The van der Waals surface area contributed by atoms with Crippen molar-refractivity contribution in [2.24, 2.45) is 0 Å². The van der Waals surface area contributed by atoms with Gasteiger partial charge in [-0.2, -0.15) is 5.10 Å². The van der Waals surface area contributed by atoms with E-state index in [2.05, 4.69) is 15.4 Å². The molecule has 6 heteroatoms. The Morgan fingerprint density at radius 2 is 2.14 bits per heavy atom. The molecule has 0 saturated heterocycles. The van der Waals surface area contributed by atoms with Gasteiger partial charge in [0.05, 0.1) is 5.69 Å². The number of carbonyl (C=O) groups excluding carboxylic acids is 1. The third-order valence-electron chi connectivity index (χ3n) is 3.04. The number of amides is 1. The van der Waals surface area contributed by atoms with Crippen molar-refractivity contribution in [1.29, 1.82) is 0 Å². The van der Waals surface area contributed by atoms with E-state index in [1.54, 1.807) is 28.5 Å². The van der Waals surface area contributed by atoms with E-state index in [4.69, 9.17) is 0 Å². The zero-order valence-electron chi connectivity index (χ0n) is 11.7. The van der Waals surface area contributed by atoms with Crippen LogP contribution < -0.4 is 5.32 Å². The third kappa shape index (κ3) is 2.75. The Labute approximate surface area is 126 Å². The highest BCUT2D eigenvalue weighted by atomic mass is 32.2. The van der Waals surface area contributed by atoms with E-state index < -0.39 is 0 Å². The number of aromatic nitrogens is 3. The summed E-state index contributed by atoms with van der Waals surface area (Å²) < 4.78 is 1.56. The molecule has 2 aromatic heterocycles. The van der Waals surface area contributed by atoms with Crippen LogP contribution >= 0.6 is 11.8 Å². The number of fused-ring (bicyclic) bond motifs is 1. The summed E-state index contributed by atoms with van der Waals surface area (Å²) in [5, 5.41) is 7.19. The zero-order chi connectivity index (χ0) is 14.8. The van der Waals surface area contributed by atoms with Gasteiger partial charge in [-0.15, -0.1) is 11.8 Å². The van der Waals surface area contributed by atoms with E-state index in [1.165, 1.54) is 0 Å². The van der Waals surface area contributed by atoms with E-state index in [9.17, 15) is 4.79 Å². The Bertz CT molecular complexity index is 812. The average molecular weight is 298 g/mol. The second-order valence-corrected chi connectivity index (χ2v) is 5.45. The summed E-state index contributed by atoms with van der Waals surface area (Å²) in [6.45, 7) is 1.87. The summed E-state index contributed by atoms with van der Waals surface area (Å²) in [5.74, 6) is -0.205. The zero-order valence-corrected chi connectivity index (χ0v) is 12.5. The lowest BCUT2D eigenvalue weighted by Crippen LogP contribution is -2.16. The summed E-state index contributed by atoms with van der Waals surface area (Å²) in [5.41, 5.74) is 2.72. The van der Waals surface area contributed by atoms with Gasteiger partial charge in [0.2, 0.25) is 0 Å². The number of aryl methyl sites for hydroxylation is 1. The number of benzene rings is 1. The van der Waals surface area contributed by atoms with Gasteiger partial charge in [-0.25, -0.2) is 9.50 Å². The van der Waals surface area contributed by atoms with Crippen molar-refractivity contribution in [2.75, 3.05) is 11.6 Å². The maximum Gasteiger partial charge on any atom is 0.274 e. The highest BCUT2D eigenvalue weighted by molar-refractivity contribution is 7.98. The quantitative estimate of drug-likeness (QED) is 0.755. The number of nitrogens with one attached hydrogen (secondary N) is 1. The van der Waals surface area contributed by atoms with Crippen molar-refractivity contribution >= 4 is 29.0 Å². The maximum atomic E-state index is 12.4. The van der Waals surface area contributed by atoms with Crippen LogP contribution in [0.2, 0.25) is 0 Å². The van der Waals surface area contributed by atoms with Crippen LogP contribution in [0.1, 0.15) is 16.2 Å². The van der Waals surface area contributed by atoms with E-state index in [0.29, 0.717) is 11.3 Å². The van der Waals surface area contributed by atoms with Crippen molar-refractivity contribution in [1.82, 2.24) is 14.6 Å². The van der Waals surface area contributed by atoms with Gasteiger partial charge in [0.15, 0.2) is 5.65 Å². The molecule has 1 N–H and O–H groups in total. The molecule has 0 aliphatic rings. The predicted molar refractivity (Wildman–Crippen MR) is 83.9 cm³/mol. The molecular formula is C15H14N4OS. The molecule has 0 atom stereocenters.